The van der Waals surface area contributed by atoms with Gasteiger partial charge in [0.25, 0.3) is 0 Å². The summed E-state index contributed by atoms with van der Waals surface area (Å²) < 4.78 is 31.1. The van der Waals surface area contributed by atoms with Crippen molar-refractivity contribution >= 4 is 0 Å². The molecule has 3 atom stereocenters. The molecule has 0 spiro atoms. The van der Waals surface area contributed by atoms with Crippen LogP contribution in [0.15, 0.2) is 18.2 Å². The van der Waals surface area contributed by atoms with Gasteiger partial charge < -0.3 is 15.2 Å². The fourth-order valence-electron chi connectivity index (χ4n) is 1.61. The average Bonchev–Trinajstić information content (AvgIpc) is 2.39. The Bertz CT molecular complexity index is 401. The molecule has 5 heteroatoms. The first-order valence-corrected chi connectivity index (χ1v) is 6.38. The van der Waals surface area contributed by atoms with Gasteiger partial charge >= 0.3 is 0 Å². The Hall–Kier alpha value is -1.20. The van der Waals surface area contributed by atoms with Crippen molar-refractivity contribution in [2.75, 3.05) is 13.2 Å². The van der Waals surface area contributed by atoms with E-state index in [9.17, 15) is 8.78 Å². The van der Waals surface area contributed by atoms with Crippen molar-refractivity contribution in [1.82, 2.24) is 5.32 Å². The highest BCUT2D eigenvalue weighted by Gasteiger charge is 2.14. The fourth-order valence-corrected chi connectivity index (χ4v) is 1.61. The maximum absolute atomic E-state index is 13.0. The molecule has 19 heavy (non-hydrogen) atoms. The van der Waals surface area contributed by atoms with E-state index < -0.39 is 11.6 Å². The van der Waals surface area contributed by atoms with Crippen LogP contribution in [-0.4, -0.2) is 30.4 Å². The molecule has 3 unspecified atom stereocenters. The number of ether oxygens (including phenoxy) is 1. The number of benzene rings is 1. The zero-order valence-electron chi connectivity index (χ0n) is 11.5. The lowest BCUT2D eigenvalue weighted by Gasteiger charge is -2.24. The van der Waals surface area contributed by atoms with Gasteiger partial charge in [-0.1, -0.05) is 6.92 Å². The van der Waals surface area contributed by atoms with Gasteiger partial charge in [-0.3, -0.25) is 0 Å². The Kier molecular flexibility index (Phi) is 6.18. The minimum absolute atomic E-state index is 0.0390. The van der Waals surface area contributed by atoms with Gasteiger partial charge in [-0.2, -0.15) is 0 Å². The van der Waals surface area contributed by atoms with E-state index in [2.05, 4.69) is 5.32 Å². The van der Waals surface area contributed by atoms with Crippen LogP contribution in [0.2, 0.25) is 0 Å². The van der Waals surface area contributed by atoms with Crippen LogP contribution in [0.4, 0.5) is 8.78 Å². The zero-order chi connectivity index (χ0) is 14.4. The number of nitrogens with one attached hydrogen (secondary N) is 1. The van der Waals surface area contributed by atoms with Crippen LogP contribution in [0.5, 0.6) is 5.75 Å². The van der Waals surface area contributed by atoms with Crippen molar-refractivity contribution in [3.05, 3.63) is 29.8 Å². The van der Waals surface area contributed by atoms with Crippen molar-refractivity contribution in [3.8, 4) is 5.75 Å². The molecule has 1 aromatic carbocycles. The summed E-state index contributed by atoms with van der Waals surface area (Å²) in [6, 6.07) is 3.65. The van der Waals surface area contributed by atoms with Gasteiger partial charge in [-0.15, -0.1) is 0 Å². The topological polar surface area (TPSA) is 41.5 Å². The number of halogens is 2. The second kappa shape index (κ2) is 7.40. The summed E-state index contributed by atoms with van der Waals surface area (Å²) >= 11 is 0. The number of rotatable bonds is 7. The van der Waals surface area contributed by atoms with E-state index in [1.165, 1.54) is 6.07 Å². The molecule has 0 saturated carbocycles. The Balaban J connectivity index is 2.41. The molecule has 0 saturated heterocycles. The molecule has 108 valence electrons. The number of hydrogen-bond acceptors (Lipinski definition) is 3. The van der Waals surface area contributed by atoms with Crippen molar-refractivity contribution in [3.63, 3.8) is 0 Å². The Morgan fingerprint density at radius 1 is 1.21 bits per heavy atom. The average molecular weight is 273 g/mol. The quantitative estimate of drug-likeness (QED) is 0.801. The third-order valence-electron chi connectivity index (χ3n) is 3.08. The van der Waals surface area contributed by atoms with Crippen LogP contribution in [0.1, 0.15) is 20.8 Å². The molecular weight excluding hydrogens is 252 g/mol. The maximum Gasteiger partial charge on any atom is 0.162 e. The largest absolute Gasteiger partial charge is 0.492 e. The van der Waals surface area contributed by atoms with E-state index in [1.54, 1.807) is 0 Å². The lowest BCUT2D eigenvalue weighted by molar-refractivity contribution is 0.189. The van der Waals surface area contributed by atoms with E-state index >= 15 is 0 Å². The normalized spacial score (nSPS) is 15.9. The van der Waals surface area contributed by atoms with E-state index in [-0.39, 0.29) is 24.6 Å². The standard InChI is InChI=1S/C14H21F2NO2/c1-9(7-18)11(3)17-10(2)8-19-12-4-5-13(15)14(16)6-12/h4-6,9-11,17-18H,7-8H2,1-3H3. The molecule has 0 aromatic heterocycles. The molecule has 0 fully saturated rings. The first kappa shape index (κ1) is 15.9. The van der Waals surface area contributed by atoms with Crippen molar-refractivity contribution in [2.24, 2.45) is 5.92 Å². The molecular formula is C14H21F2NO2. The molecule has 2 N–H and O–H groups in total. The second-order valence-electron chi connectivity index (χ2n) is 4.90. The summed E-state index contributed by atoms with van der Waals surface area (Å²) in [5, 5.41) is 12.3. The third kappa shape index (κ3) is 5.12. The van der Waals surface area contributed by atoms with Gasteiger partial charge in [0, 0.05) is 24.8 Å². The van der Waals surface area contributed by atoms with Gasteiger partial charge in [0.1, 0.15) is 12.4 Å². The lowest BCUT2D eigenvalue weighted by Crippen LogP contribution is -2.42. The van der Waals surface area contributed by atoms with Crippen LogP contribution < -0.4 is 10.1 Å². The first-order chi connectivity index (χ1) is 8.93. The van der Waals surface area contributed by atoms with E-state index in [0.29, 0.717) is 12.4 Å². The maximum atomic E-state index is 13.0. The molecule has 0 amide bonds. The SMILES string of the molecule is CC(COc1ccc(F)c(F)c1)NC(C)C(C)CO. The van der Waals surface area contributed by atoms with Crippen molar-refractivity contribution < 1.29 is 18.6 Å². The molecule has 3 nitrogen and oxygen atoms in total. The first-order valence-electron chi connectivity index (χ1n) is 6.38. The zero-order valence-corrected chi connectivity index (χ0v) is 11.5. The number of aliphatic hydroxyl groups is 1. The summed E-state index contributed by atoms with van der Waals surface area (Å²) in [6.07, 6.45) is 0. The summed E-state index contributed by atoms with van der Waals surface area (Å²) in [7, 11) is 0. The smallest absolute Gasteiger partial charge is 0.162 e. The predicted octanol–water partition coefficient (Wildman–Crippen LogP) is 2.34. The number of hydrogen-bond donors (Lipinski definition) is 2. The van der Waals surface area contributed by atoms with Gasteiger partial charge in [-0.05, 0) is 31.9 Å². The second-order valence-corrected chi connectivity index (χ2v) is 4.90. The van der Waals surface area contributed by atoms with Crippen LogP contribution in [0.25, 0.3) is 0 Å². The lowest BCUT2D eigenvalue weighted by atomic mass is 10.0. The Labute approximate surface area is 112 Å². The van der Waals surface area contributed by atoms with Gasteiger partial charge in [0.15, 0.2) is 11.6 Å². The van der Waals surface area contributed by atoms with Gasteiger partial charge in [0.05, 0.1) is 0 Å². The summed E-state index contributed by atoms with van der Waals surface area (Å²) in [4.78, 5) is 0. The molecule has 0 aliphatic heterocycles. The highest BCUT2D eigenvalue weighted by molar-refractivity contribution is 5.23. The summed E-state index contributed by atoms with van der Waals surface area (Å²) in [5.74, 6) is -1.36. The Morgan fingerprint density at radius 3 is 2.47 bits per heavy atom. The molecule has 1 rings (SSSR count). The molecule has 0 aliphatic carbocycles. The minimum atomic E-state index is -0.916. The summed E-state index contributed by atoms with van der Waals surface area (Å²) in [5.41, 5.74) is 0. The molecule has 1 aromatic rings. The van der Waals surface area contributed by atoms with E-state index in [1.807, 2.05) is 20.8 Å². The van der Waals surface area contributed by atoms with Crippen LogP contribution in [-0.2, 0) is 0 Å². The van der Waals surface area contributed by atoms with Gasteiger partial charge in [0.2, 0.25) is 0 Å². The van der Waals surface area contributed by atoms with E-state index in [4.69, 9.17) is 9.84 Å². The molecule has 0 aliphatic rings. The van der Waals surface area contributed by atoms with Crippen LogP contribution in [0.3, 0.4) is 0 Å². The molecule has 0 radical (unpaired) electrons. The van der Waals surface area contributed by atoms with Crippen molar-refractivity contribution in [1.29, 1.82) is 0 Å². The van der Waals surface area contributed by atoms with Crippen molar-refractivity contribution in [2.45, 2.75) is 32.9 Å². The highest BCUT2D eigenvalue weighted by atomic mass is 19.2. The summed E-state index contributed by atoms with van der Waals surface area (Å²) in [6.45, 7) is 6.31. The molecule has 0 bridgehead atoms. The monoisotopic (exact) mass is 273 g/mol. The van der Waals surface area contributed by atoms with Gasteiger partial charge in [-0.25, -0.2) is 8.78 Å². The minimum Gasteiger partial charge on any atom is -0.492 e. The Morgan fingerprint density at radius 2 is 1.89 bits per heavy atom. The van der Waals surface area contributed by atoms with Crippen LogP contribution >= 0.6 is 0 Å². The highest BCUT2D eigenvalue weighted by Crippen LogP contribution is 2.15. The fraction of sp³-hybridized carbons (Fsp3) is 0.571. The predicted molar refractivity (Wildman–Crippen MR) is 70.2 cm³/mol. The van der Waals surface area contributed by atoms with E-state index in [0.717, 1.165) is 12.1 Å². The third-order valence-corrected chi connectivity index (χ3v) is 3.08. The molecule has 0 heterocycles. The number of aliphatic hydroxyl groups excluding tert-OH is 1. The van der Waals surface area contributed by atoms with Crippen LogP contribution in [0, 0.1) is 17.6 Å².